The molecule has 1 unspecified atom stereocenters. The number of anilines is 2. The molecule has 2 N–H and O–H groups in total. The Morgan fingerprint density at radius 1 is 1.10 bits per heavy atom. The van der Waals surface area contributed by atoms with Gasteiger partial charge in [-0.05, 0) is 52.3 Å². The number of methoxy groups -OCH3 is 1. The van der Waals surface area contributed by atoms with E-state index in [1.807, 2.05) is 0 Å². The van der Waals surface area contributed by atoms with Crippen LogP contribution < -0.4 is 10.2 Å². The molecular weight excluding hydrogens is 402 g/mol. The maximum absolute atomic E-state index is 13.3. The van der Waals surface area contributed by atoms with Gasteiger partial charge in [-0.15, -0.1) is 0 Å². The first-order valence-corrected chi connectivity index (χ1v) is 9.73. The van der Waals surface area contributed by atoms with Gasteiger partial charge in [0.2, 0.25) is 5.91 Å². The van der Waals surface area contributed by atoms with Gasteiger partial charge in [-0.3, -0.25) is 14.5 Å². The number of hydrogen-bond donors (Lipinski definition) is 2. The molecule has 1 aliphatic rings. The Morgan fingerprint density at radius 3 is 2.39 bits per heavy atom. The molecule has 2 aromatic rings. The lowest BCUT2D eigenvalue weighted by Crippen LogP contribution is -2.60. The highest BCUT2D eigenvalue weighted by Gasteiger charge is 2.45. The van der Waals surface area contributed by atoms with E-state index in [4.69, 9.17) is 9.47 Å². The lowest BCUT2D eigenvalue weighted by atomic mass is 9.95. The summed E-state index contributed by atoms with van der Waals surface area (Å²) >= 11 is 0. The summed E-state index contributed by atoms with van der Waals surface area (Å²) in [6.45, 7) is 7.90. The summed E-state index contributed by atoms with van der Waals surface area (Å²) in [5.41, 5.74) is 0.959. The number of aromatic nitrogens is 1. The fraction of sp³-hybridized carbons (Fsp3) is 0.364. The third-order valence-corrected chi connectivity index (χ3v) is 5.39. The molecule has 3 rings (SSSR count). The molecule has 1 aliphatic heterocycles. The van der Waals surface area contributed by atoms with Crippen LogP contribution in [0.3, 0.4) is 0 Å². The first-order chi connectivity index (χ1) is 14.5. The van der Waals surface area contributed by atoms with Gasteiger partial charge in [-0.2, -0.15) is 0 Å². The zero-order valence-electron chi connectivity index (χ0n) is 18.3. The molecule has 1 aromatic carbocycles. The molecule has 164 valence electrons. The van der Waals surface area contributed by atoms with Crippen molar-refractivity contribution < 1.29 is 28.7 Å². The first kappa shape index (κ1) is 22.1. The number of esters is 2. The molecule has 0 saturated heterocycles. The van der Waals surface area contributed by atoms with Gasteiger partial charge >= 0.3 is 11.9 Å². The second-order valence-corrected chi connectivity index (χ2v) is 7.87. The van der Waals surface area contributed by atoms with Crippen molar-refractivity contribution in [2.24, 2.45) is 0 Å². The van der Waals surface area contributed by atoms with Crippen LogP contribution in [0.5, 0.6) is 0 Å². The van der Waals surface area contributed by atoms with E-state index in [1.165, 1.54) is 18.9 Å². The average molecular weight is 427 g/mol. The molecule has 9 heteroatoms. The Kier molecular flexibility index (Phi) is 5.62. The van der Waals surface area contributed by atoms with Gasteiger partial charge in [0.15, 0.2) is 6.10 Å². The summed E-state index contributed by atoms with van der Waals surface area (Å²) in [4.78, 5) is 54.7. The number of rotatable bonds is 4. The summed E-state index contributed by atoms with van der Waals surface area (Å²) < 4.78 is 10.2. The third kappa shape index (κ3) is 3.67. The number of ether oxygens (including phenoxy) is 2. The van der Waals surface area contributed by atoms with Crippen molar-refractivity contribution >= 4 is 35.1 Å². The monoisotopic (exact) mass is 427 g/mol. The van der Waals surface area contributed by atoms with Crippen LogP contribution in [0, 0.1) is 13.8 Å². The predicted octanol–water partition coefficient (Wildman–Crippen LogP) is 2.73. The predicted molar refractivity (Wildman–Crippen MR) is 113 cm³/mol. The number of aromatic amines is 1. The van der Waals surface area contributed by atoms with E-state index in [0.717, 1.165) is 0 Å². The quantitative estimate of drug-likeness (QED) is 0.725. The summed E-state index contributed by atoms with van der Waals surface area (Å²) in [7, 11) is 1.25. The molecule has 0 radical (unpaired) electrons. The van der Waals surface area contributed by atoms with Crippen LogP contribution in [0.25, 0.3) is 0 Å². The Morgan fingerprint density at radius 2 is 1.74 bits per heavy atom. The van der Waals surface area contributed by atoms with Crippen LogP contribution in [0.1, 0.15) is 52.9 Å². The molecule has 0 saturated carbocycles. The van der Waals surface area contributed by atoms with E-state index in [9.17, 15) is 19.2 Å². The van der Waals surface area contributed by atoms with E-state index in [1.54, 1.807) is 52.0 Å². The molecule has 9 nitrogen and oxygen atoms in total. The summed E-state index contributed by atoms with van der Waals surface area (Å²) in [5, 5.41) is 2.78. The van der Waals surface area contributed by atoms with Crippen molar-refractivity contribution in [1.29, 1.82) is 0 Å². The summed E-state index contributed by atoms with van der Waals surface area (Å²) in [5.74, 6) is -2.26. The number of hydrogen-bond acceptors (Lipinski definition) is 6. The number of benzene rings is 1. The molecule has 0 fully saturated rings. The molecule has 0 bridgehead atoms. The smallest absolute Gasteiger partial charge is 0.355 e. The molecule has 2 amide bonds. The lowest BCUT2D eigenvalue weighted by Gasteiger charge is -2.42. The van der Waals surface area contributed by atoms with Gasteiger partial charge in [0, 0.05) is 5.69 Å². The fourth-order valence-electron chi connectivity index (χ4n) is 3.66. The molecule has 1 atom stereocenters. The molecule has 0 aliphatic carbocycles. The van der Waals surface area contributed by atoms with Crippen molar-refractivity contribution in [2.45, 2.75) is 46.3 Å². The molecule has 1 aromatic heterocycles. The minimum atomic E-state index is -1.19. The number of nitrogens with zero attached hydrogens (tertiary/aromatic N) is 1. The second kappa shape index (κ2) is 7.90. The van der Waals surface area contributed by atoms with Crippen molar-refractivity contribution in [1.82, 2.24) is 4.98 Å². The minimum Gasteiger partial charge on any atom is -0.465 e. The van der Waals surface area contributed by atoms with Crippen LogP contribution in [-0.4, -0.2) is 47.5 Å². The molecule has 0 spiro atoms. The number of fused-ring (bicyclic) bond motifs is 1. The van der Waals surface area contributed by atoms with Gasteiger partial charge in [-0.25, -0.2) is 9.59 Å². The highest BCUT2D eigenvalue weighted by molar-refractivity contribution is 6.15. The zero-order valence-corrected chi connectivity index (χ0v) is 18.3. The van der Waals surface area contributed by atoms with Gasteiger partial charge in [0.1, 0.15) is 11.2 Å². The van der Waals surface area contributed by atoms with E-state index in [0.29, 0.717) is 22.6 Å². The van der Waals surface area contributed by atoms with Gasteiger partial charge in [0.05, 0.1) is 24.0 Å². The molecular formula is C22H25N3O6. The molecule has 31 heavy (non-hydrogen) atoms. The maximum atomic E-state index is 13.3. The third-order valence-electron chi connectivity index (χ3n) is 5.39. The Labute approximate surface area is 179 Å². The van der Waals surface area contributed by atoms with E-state index in [-0.39, 0.29) is 17.2 Å². The Hall–Kier alpha value is -3.62. The average Bonchev–Trinajstić information content (AvgIpc) is 3.02. The topological polar surface area (TPSA) is 118 Å². The first-order valence-electron chi connectivity index (χ1n) is 9.73. The van der Waals surface area contributed by atoms with Crippen LogP contribution >= 0.6 is 0 Å². The van der Waals surface area contributed by atoms with Crippen molar-refractivity contribution in [3.05, 3.63) is 46.8 Å². The van der Waals surface area contributed by atoms with Crippen LogP contribution in [-0.2, 0) is 19.1 Å². The van der Waals surface area contributed by atoms with Gasteiger partial charge in [-0.1, -0.05) is 12.1 Å². The Bertz CT molecular complexity index is 1080. The minimum absolute atomic E-state index is 0.0635. The number of H-pyrrole nitrogens is 1. The van der Waals surface area contributed by atoms with Crippen molar-refractivity contribution in [2.75, 3.05) is 17.3 Å². The largest absolute Gasteiger partial charge is 0.465 e. The van der Waals surface area contributed by atoms with Crippen LogP contribution in [0.4, 0.5) is 11.4 Å². The lowest BCUT2D eigenvalue weighted by molar-refractivity contribution is -0.131. The van der Waals surface area contributed by atoms with Gasteiger partial charge < -0.3 is 19.8 Å². The fourth-order valence-corrected chi connectivity index (χ4v) is 3.66. The number of nitrogens with one attached hydrogen (secondary N) is 2. The number of carbonyl (C=O) groups excluding carboxylic acids is 4. The maximum Gasteiger partial charge on any atom is 0.355 e. The SMILES string of the molecule is COC(=O)c1c(C)[nH]c(C(=O)OC(C)C(=O)N2c3ccccc3NC(=O)C2(C)C)c1C. The standard InChI is InChI=1S/C22H25N3O6/c1-11-16(19(27)30-6)12(2)23-17(11)20(28)31-13(3)18(26)25-15-10-8-7-9-14(15)24-21(29)22(25,4)5/h7-10,13,23H,1-6H3,(H,24,29). The second-order valence-electron chi connectivity index (χ2n) is 7.87. The Balaban J connectivity index is 1.88. The number of para-hydroxylation sites is 2. The van der Waals surface area contributed by atoms with E-state index < -0.39 is 29.5 Å². The molecule has 2 heterocycles. The van der Waals surface area contributed by atoms with E-state index in [2.05, 4.69) is 10.3 Å². The van der Waals surface area contributed by atoms with Crippen molar-refractivity contribution in [3.63, 3.8) is 0 Å². The highest BCUT2D eigenvalue weighted by Crippen LogP contribution is 2.37. The number of carbonyl (C=O) groups is 4. The number of amides is 2. The van der Waals surface area contributed by atoms with Crippen LogP contribution in [0.2, 0.25) is 0 Å². The zero-order chi connectivity index (χ0) is 23.1. The number of aryl methyl sites for hydroxylation is 1. The van der Waals surface area contributed by atoms with E-state index >= 15 is 0 Å². The highest BCUT2D eigenvalue weighted by atomic mass is 16.5. The normalized spacial score (nSPS) is 15.5. The van der Waals surface area contributed by atoms with Gasteiger partial charge in [0.25, 0.3) is 5.91 Å². The summed E-state index contributed by atoms with van der Waals surface area (Å²) in [6, 6.07) is 6.91. The van der Waals surface area contributed by atoms with Crippen LogP contribution in [0.15, 0.2) is 24.3 Å². The summed E-state index contributed by atoms with van der Waals surface area (Å²) in [6.07, 6.45) is -1.18. The van der Waals surface area contributed by atoms with Crippen molar-refractivity contribution in [3.8, 4) is 0 Å².